The molecular weight excluding hydrogens is 350 g/mol. The number of sulfonamides is 1. The molecule has 1 aliphatic rings. The number of hydrogen-bond acceptors (Lipinski definition) is 3. The Morgan fingerprint density at radius 1 is 1.23 bits per heavy atom. The van der Waals surface area contributed by atoms with Gasteiger partial charge in [-0.1, -0.05) is 13.8 Å². The SMILES string of the molecule is CC(C)Cn1ccc2cc(NC(=O)C3CCN(S(C)(=O)=O)CC3)ccc21. The Bertz CT molecular complexity index is 894. The van der Waals surface area contributed by atoms with Gasteiger partial charge in [0.05, 0.1) is 6.26 Å². The van der Waals surface area contributed by atoms with Crippen LogP contribution < -0.4 is 5.32 Å². The van der Waals surface area contributed by atoms with Gasteiger partial charge in [-0.2, -0.15) is 0 Å². The molecule has 0 unspecified atom stereocenters. The molecule has 0 spiro atoms. The number of piperidine rings is 1. The summed E-state index contributed by atoms with van der Waals surface area (Å²) < 4.78 is 26.8. The van der Waals surface area contributed by atoms with Crippen LogP contribution in [0.5, 0.6) is 0 Å². The first-order chi connectivity index (χ1) is 12.2. The number of carbonyl (C=O) groups excluding carboxylic acids is 1. The third-order valence-corrected chi connectivity index (χ3v) is 6.20. The van der Waals surface area contributed by atoms with Crippen LogP contribution in [0.15, 0.2) is 30.5 Å². The average Bonchev–Trinajstić information content (AvgIpc) is 2.95. The van der Waals surface area contributed by atoms with Gasteiger partial charge in [-0.05, 0) is 43.0 Å². The highest BCUT2D eigenvalue weighted by Gasteiger charge is 2.28. The zero-order chi connectivity index (χ0) is 18.9. The minimum absolute atomic E-state index is 0.0286. The number of nitrogens with one attached hydrogen (secondary N) is 1. The van der Waals surface area contributed by atoms with Crippen LogP contribution >= 0.6 is 0 Å². The molecule has 1 aromatic heterocycles. The Morgan fingerprint density at radius 2 is 1.92 bits per heavy atom. The summed E-state index contributed by atoms with van der Waals surface area (Å²) in [5.41, 5.74) is 1.95. The molecule has 1 aliphatic heterocycles. The second-order valence-corrected chi connectivity index (χ2v) is 9.54. The van der Waals surface area contributed by atoms with Crippen LogP contribution in [0.2, 0.25) is 0 Å². The van der Waals surface area contributed by atoms with Gasteiger partial charge in [0, 0.05) is 48.3 Å². The maximum Gasteiger partial charge on any atom is 0.227 e. The molecule has 1 fully saturated rings. The Kier molecular flexibility index (Phi) is 5.39. The molecule has 2 heterocycles. The van der Waals surface area contributed by atoms with E-state index in [-0.39, 0.29) is 11.8 Å². The maximum atomic E-state index is 12.5. The van der Waals surface area contributed by atoms with E-state index in [0.29, 0.717) is 31.8 Å². The van der Waals surface area contributed by atoms with Crippen LogP contribution in [0.3, 0.4) is 0 Å². The fourth-order valence-corrected chi connectivity index (χ4v) is 4.40. The number of fused-ring (bicyclic) bond motifs is 1. The van der Waals surface area contributed by atoms with E-state index in [9.17, 15) is 13.2 Å². The number of carbonyl (C=O) groups is 1. The highest BCUT2D eigenvalue weighted by atomic mass is 32.2. The lowest BCUT2D eigenvalue weighted by Crippen LogP contribution is -2.40. The summed E-state index contributed by atoms with van der Waals surface area (Å²) >= 11 is 0. The van der Waals surface area contributed by atoms with Crippen molar-refractivity contribution in [1.82, 2.24) is 8.87 Å². The molecule has 1 saturated heterocycles. The third-order valence-electron chi connectivity index (χ3n) is 4.89. The topological polar surface area (TPSA) is 71.4 Å². The third kappa shape index (κ3) is 4.27. The van der Waals surface area contributed by atoms with E-state index in [1.54, 1.807) is 0 Å². The average molecular weight is 378 g/mol. The number of anilines is 1. The molecule has 0 saturated carbocycles. The van der Waals surface area contributed by atoms with Gasteiger partial charge in [0.15, 0.2) is 0 Å². The zero-order valence-electron chi connectivity index (χ0n) is 15.6. The molecule has 0 aliphatic carbocycles. The summed E-state index contributed by atoms with van der Waals surface area (Å²) in [6.45, 7) is 6.17. The normalized spacial score (nSPS) is 17.1. The van der Waals surface area contributed by atoms with Crippen LogP contribution in [0, 0.1) is 11.8 Å². The van der Waals surface area contributed by atoms with E-state index in [1.807, 2.05) is 18.2 Å². The van der Waals surface area contributed by atoms with Crippen molar-refractivity contribution >= 4 is 32.5 Å². The number of aromatic nitrogens is 1. The van der Waals surface area contributed by atoms with Gasteiger partial charge in [-0.25, -0.2) is 12.7 Å². The van der Waals surface area contributed by atoms with Gasteiger partial charge >= 0.3 is 0 Å². The lowest BCUT2D eigenvalue weighted by molar-refractivity contribution is -0.120. The van der Waals surface area contributed by atoms with E-state index in [2.05, 4.69) is 36.0 Å². The van der Waals surface area contributed by atoms with Crippen LogP contribution in [-0.4, -0.2) is 42.5 Å². The van der Waals surface area contributed by atoms with Gasteiger partial charge in [0.25, 0.3) is 0 Å². The molecule has 26 heavy (non-hydrogen) atoms. The van der Waals surface area contributed by atoms with E-state index < -0.39 is 10.0 Å². The number of amides is 1. The minimum atomic E-state index is -3.17. The van der Waals surface area contributed by atoms with E-state index in [1.165, 1.54) is 10.6 Å². The smallest absolute Gasteiger partial charge is 0.227 e. The second-order valence-electron chi connectivity index (χ2n) is 7.56. The molecule has 142 valence electrons. The molecule has 0 bridgehead atoms. The molecule has 1 aromatic carbocycles. The Balaban J connectivity index is 1.65. The number of nitrogens with zero attached hydrogens (tertiary/aromatic N) is 2. The summed E-state index contributed by atoms with van der Waals surface area (Å²) in [6.07, 6.45) is 4.42. The molecule has 2 aromatic rings. The highest BCUT2D eigenvalue weighted by Crippen LogP contribution is 2.24. The summed E-state index contributed by atoms with van der Waals surface area (Å²) in [7, 11) is -3.17. The Labute approximate surface area is 155 Å². The summed E-state index contributed by atoms with van der Waals surface area (Å²) in [4.78, 5) is 12.5. The Hall–Kier alpha value is -1.86. The van der Waals surface area contributed by atoms with Crippen molar-refractivity contribution in [2.24, 2.45) is 11.8 Å². The molecule has 3 rings (SSSR count). The van der Waals surface area contributed by atoms with Gasteiger partial charge in [-0.3, -0.25) is 4.79 Å². The number of hydrogen-bond donors (Lipinski definition) is 1. The van der Waals surface area contributed by atoms with Gasteiger partial charge in [-0.15, -0.1) is 0 Å². The first-order valence-corrected chi connectivity index (χ1v) is 10.9. The van der Waals surface area contributed by atoms with E-state index in [4.69, 9.17) is 0 Å². The fourth-order valence-electron chi connectivity index (χ4n) is 3.52. The maximum absolute atomic E-state index is 12.5. The zero-order valence-corrected chi connectivity index (χ0v) is 16.4. The van der Waals surface area contributed by atoms with Crippen molar-refractivity contribution in [1.29, 1.82) is 0 Å². The van der Waals surface area contributed by atoms with Crippen molar-refractivity contribution in [2.75, 3.05) is 24.7 Å². The lowest BCUT2D eigenvalue weighted by atomic mass is 9.97. The van der Waals surface area contributed by atoms with Crippen molar-refractivity contribution in [3.63, 3.8) is 0 Å². The number of rotatable bonds is 5. The highest BCUT2D eigenvalue weighted by molar-refractivity contribution is 7.88. The standard InChI is InChI=1S/C19H27N3O3S/c1-14(2)13-21-9-6-16-12-17(4-5-18(16)21)20-19(23)15-7-10-22(11-8-15)26(3,24)25/h4-6,9,12,14-15H,7-8,10-11,13H2,1-3H3,(H,20,23). The first-order valence-electron chi connectivity index (χ1n) is 9.09. The summed E-state index contributed by atoms with van der Waals surface area (Å²) in [5.74, 6) is 0.399. The first kappa shape index (κ1) is 18.9. The van der Waals surface area contributed by atoms with E-state index in [0.717, 1.165) is 23.1 Å². The van der Waals surface area contributed by atoms with Crippen molar-refractivity contribution in [3.8, 4) is 0 Å². The van der Waals surface area contributed by atoms with Gasteiger partial charge in [0.2, 0.25) is 15.9 Å². The lowest BCUT2D eigenvalue weighted by Gasteiger charge is -2.29. The molecule has 0 atom stereocenters. The van der Waals surface area contributed by atoms with E-state index >= 15 is 0 Å². The molecule has 1 N–H and O–H groups in total. The summed E-state index contributed by atoms with van der Waals surface area (Å²) in [5, 5.41) is 4.10. The monoisotopic (exact) mass is 377 g/mol. The molecular formula is C19H27N3O3S. The van der Waals surface area contributed by atoms with Gasteiger partial charge in [0.1, 0.15) is 0 Å². The van der Waals surface area contributed by atoms with Crippen molar-refractivity contribution in [2.45, 2.75) is 33.2 Å². The van der Waals surface area contributed by atoms with Gasteiger partial charge < -0.3 is 9.88 Å². The molecule has 7 heteroatoms. The molecule has 1 amide bonds. The minimum Gasteiger partial charge on any atom is -0.347 e. The second kappa shape index (κ2) is 7.40. The fraction of sp³-hybridized carbons (Fsp3) is 0.526. The van der Waals surface area contributed by atoms with Crippen LogP contribution in [0.1, 0.15) is 26.7 Å². The number of benzene rings is 1. The largest absolute Gasteiger partial charge is 0.347 e. The van der Waals surface area contributed by atoms with Crippen LogP contribution in [0.25, 0.3) is 10.9 Å². The van der Waals surface area contributed by atoms with Crippen molar-refractivity contribution in [3.05, 3.63) is 30.5 Å². The van der Waals surface area contributed by atoms with Crippen molar-refractivity contribution < 1.29 is 13.2 Å². The predicted molar refractivity (Wildman–Crippen MR) is 105 cm³/mol. The summed E-state index contributed by atoms with van der Waals surface area (Å²) in [6, 6.07) is 8.04. The predicted octanol–water partition coefficient (Wildman–Crippen LogP) is 2.91. The van der Waals surface area contributed by atoms with Crippen LogP contribution in [-0.2, 0) is 21.4 Å². The molecule has 6 nitrogen and oxygen atoms in total. The Morgan fingerprint density at radius 3 is 2.54 bits per heavy atom. The molecule has 0 radical (unpaired) electrons. The quantitative estimate of drug-likeness (QED) is 0.871. The van der Waals surface area contributed by atoms with Crippen LogP contribution in [0.4, 0.5) is 5.69 Å².